The van der Waals surface area contributed by atoms with Crippen LogP contribution in [0, 0.1) is 5.82 Å². The third-order valence-electron chi connectivity index (χ3n) is 6.39. The van der Waals surface area contributed by atoms with Crippen LogP contribution in [-0.2, 0) is 33.8 Å². The topological polar surface area (TPSA) is 92.3 Å². The fourth-order valence-corrected chi connectivity index (χ4v) is 5.73. The second-order valence-electron chi connectivity index (χ2n) is 9.11. The molecular formula is C27H24F4N2O4S. The minimum absolute atomic E-state index is 0.231. The van der Waals surface area contributed by atoms with E-state index in [0.29, 0.717) is 30.9 Å². The number of hydrogen-bond acceptors (Lipinski definition) is 4. The zero-order valence-electron chi connectivity index (χ0n) is 20.0. The maximum absolute atomic E-state index is 13.5. The van der Waals surface area contributed by atoms with Crippen LogP contribution in [0.5, 0.6) is 0 Å². The number of rotatable bonds is 8. The Kier molecular flexibility index (Phi) is 7.98. The van der Waals surface area contributed by atoms with Gasteiger partial charge in [-0.2, -0.15) is 13.2 Å². The third-order valence-corrected chi connectivity index (χ3v) is 7.86. The van der Waals surface area contributed by atoms with Crippen molar-refractivity contribution in [1.29, 1.82) is 0 Å². The van der Waals surface area contributed by atoms with E-state index in [4.69, 9.17) is 0 Å². The van der Waals surface area contributed by atoms with E-state index >= 15 is 0 Å². The van der Waals surface area contributed by atoms with Gasteiger partial charge in [0.05, 0.1) is 16.5 Å². The molecule has 1 aliphatic rings. The summed E-state index contributed by atoms with van der Waals surface area (Å²) in [6.07, 6.45) is -2.56. The van der Waals surface area contributed by atoms with E-state index in [9.17, 15) is 35.6 Å². The van der Waals surface area contributed by atoms with Crippen molar-refractivity contribution in [3.8, 4) is 0 Å². The fraction of sp³-hybridized carbons (Fsp3) is 0.259. The number of carbonyl (C=O) groups excluding carboxylic acids is 2. The van der Waals surface area contributed by atoms with E-state index in [1.807, 2.05) is 12.1 Å². The SMILES string of the molecule is O=Cc1ccc2c(c1)CC[C@@H](NC(=O)C[C@@H](NS(=O)(=O)c1cccc(C(F)(F)F)c1)c1ccc(F)cc1)C2. The van der Waals surface area contributed by atoms with Crippen LogP contribution in [0.25, 0.3) is 0 Å². The first-order valence-corrected chi connectivity index (χ1v) is 13.2. The zero-order chi connectivity index (χ0) is 27.5. The summed E-state index contributed by atoms with van der Waals surface area (Å²) in [7, 11) is -4.48. The standard InChI is InChI=1S/C27H24F4N2O4S/c28-22-9-6-18(7-10-22)25(33-38(36,37)24-3-1-2-21(14-24)27(29,30)31)15-26(35)32-23-11-8-19-12-17(16-34)4-5-20(19)13-23/h1-7,9-10,12,14,16,23,25,33H,8,11,13,15H2,(H,32,35)/t23-,25-/m1/s1. The van der Waals surface area contributed by atoms with Gasteiger partial charge >= 0.3 is 6.18 Å². The maximum atomic E-state index is 13.5. The smallest absolute Gasteiger partial charge is 0.353 e. The molecule has 3 aromatic carbocycles. The van der Waals surface area contributed by atoms with Crippen molar-refractivity contribution in [2.45, 2.75) is 48.8 Å². The monoisotopic (exact) mass is 548 g/mol. The van der Waals surface area contributed by atoms with E-state index in [2.05, 4.69) is 10.0 Å². The predicted molar refractivity (Wildman–Crippen MR) is 131 cm³/mol. The lowest BCUT2D eigenvalue weighted by Crippen LogP contribution is -2.41. The summed E-state index contributed by atoms with van der Waals surface area (Å²) in [6, 6.07) is 12.0. The lowest BCUT2D eigenvalue weighted by molar-refractivity contribution is -0.137. The first-order chi connectivity index (χ1) is 17.9. The van der Waals surface area contributed by atoms with Crippen molar-refractivity contribution in [2.24, 2.45) is 0 Å². The summed E-state index contributed by atoms with van der Waals surface area (Å²) < 4.78 is 81.2. The van der Waals surface area contributed by atoms with Crippen LogP contribution in [0.2, 0.25) is 0 Å². The van der Waals surface area contributed by atoms with Gasteiger partial charge in [0, 0.05) is 18.0 Å². The molecule has 1 aliphatic carbocycles. The highest BCUT2D eigenvalue weighted by Crippen LogP contribution is 2.31. The number of carbonyl (C=O) groups is 2. The predicted octanol–water partition coefficient (Wildman–Crippen LogP) is 4.74. The van der Waals surface area contributed by atoms with Crippen LogP contribution < -0.4 is 10.0 Å². The molecule has 0 saturated carbocycles. The molecule has 0 unspecified atom stereocenters. The van der Waals surface area contributed by atoms with E-state index in [-0.39, 0.29) is 18.0 Å². The number of benzene rings is 3. The number of halogens is 4. The molecule has 4 rings (SSSR count). The maximum Gasteiger partial charge on any atom is 0.416 e. The first-order valence-electron chi connectivity index (χ1n) is 11.8. The number of nitrogens with one attached hydrogen (secondary N) is 2. The molecule has 6 nitrogen and oxygen atoms in total. The van der Waals surface area contributed by atoms with Gasteiger partial charge in [-0.25, -0.2) is 17.5 Å². The Morgan fingerprint density at radius 1 is 1.03 bits per heavy atom. The molecule has 2 N–H and O–H groups in total. The van der Waals surface area contributed by atoms with Gasteiger partial charge in [-0.1, -0.05) is 30.3 Å². The lowest BCUT2D eigenvalue weighted by Gasteiger charge is -2.27. The molecule has 0 heterocycles. The van der Waals surface area contributed by atoms with E-state index in [0.717, 1.165) is 47.7 Å². The number of sulfonamides is 1. The highest BCUT2D eigenvalue weighted by Gasteiger charge is 2.32. The Morgan fingerprint density at radius 3 is 2.45 bits per heavy atom. The van der Waals surface area contributed by atoms with Gasteiger partial charge in [0.15, 0.2) is 0 Å². The molecule has 3 aromatic rings. The van der Waals surface area contributed by atoms with Crippen molar-refractivity contribution in [3.63, 3.8) is 0 Å². The van der Waals surface area contributed by atoms with Crippen molar-refractivity contribution >= 4 is 22.2 Å². The molecule has 38 heavy (non-hydrogen) atoms. The molecule has 200 valence electrons. The van der Waals surface area contributed by atoms with Crippen molar-refractivity contribution in [2.75, 3.05) is 0 Å². The van der Waals surface area contributed by atoms with Crippen LogP contribution in [0.4, 0.5) is 17.6 Å². The zero-order valence-corrected chi connectivity index (χ0v) is 20.8. The molecule has 1 amide bonds. The van der Waals surface area contributed by atoms with Gasteiger partial charge in [0.2, 0.25) is 15.9 Å². The van der Waals surface area contributed by atoms with E-state index < -0.39 is 44.4 Å². The summed E-state index contributed by atoms with van der Waals surface area (Å²) in [5.74, 6) is -1.06. The molecule has 11 heteroatoms. The molecule has 0 spiro atoms. The average molecular weight is 549 g/mol. The van der Waals surface area contributed by atoms with Gasteiger partial charge in [0.25, 0.3) is 0 Å². The highest BCUT2D eigenvalue weighted by molar-refractivity contribution is 7.89. The lowest BCUT2D eigenvalue weighted by atomic mass is 9.87. The molecule has 0 aliphatic heterocycles. The van der Waals surface area contributed by atoms with Crippen LogP contribution >= 0.6 is 0 Å². The summed E-state index contributed by atoms with van der Waals surface area (Å²) in [4.78, 5) is 23.4. The van der Waals surface area contributed by atoms with Gasteiger partial charge in [0.1, 0.15) is 12.1 Å². The number of aryl methyl sites for hydroxylation is 1. The molecule has 0 fully saturated rings. The molecule has 0 saturated heterocycles. The number of alkyl halides is 3. The number of amides is 1. The summed E-state index contributed by atoms with van der Waals surface area (Å²) in [5.41, 5.74) is 1.73. The number of aldehydes is 1. The van der Waals surface area contributed by atoms with Gasteiger partial charge < -0.3 is 5.32 Å². The Bertz CT molecular complexity index is 1440. The summed E-state index contributed by atoms with van der Waals surface area (Å²) in [5, 5.41) is 2.89. The third kappa shape index (κ3) is 6.65. The Labute approximate surface area is 217 Å². The van der Waals surface area contributed by atoms with Crippen LogP contribution in [0.15, 0.2) is 71.6 Å². The molecule has 2 atom stereocenters. The largest absolute Gasteiger partial charge is 0.416 e. The van der Waals surface area contributed by atoms with Crippen LogP contribution in [-0.4, -0.2) is 26.7 Å². The second kappa shape index (κ2) is 11.0. The Hall–Kier alpha value is -3.57. The van der Waals surface area contributed by atoms with Gasteiger partial charge in [-0.15, -0.1) is 0 Å². The molecule has 0 bridgehead atoms. The molecular weight excluding hydrogens is 524 g/mol. The first kappa shape index (κ1) is 27.5. The summed E-state index contributed by atoms with van der Waals surface area (Å²) in [6.45, 7) is 0. The highest BCUT2D eigenvalue weighted by atomic mass is 32.2. The quantitative estimate of drug-likeness (QED) is 0.314. The van der Waals surface area contributed by atoms with Crippen molar-refractivity contribution in [3.05, 3.63) is 100 Å². The van der Waals surface area contributed by atoms with E-state index in [1.165, 1.54) is 12.1 Å². The minimum atomic E-state index is -4.74. The van der Waals surface area contributed by atoms with E-state index in [1.54, 1.807) is 6.07 Å². The Balaban J connectivity index is 1.52. The fourth-order valence-electron chi connectivity index (χ4n) is 4.46. The average Bonchev–Trinajstić information content (AvgIpc) is 2.88. The molecule has 0 aromatic heterocycles. The van der Waals surface area contributed by atoms with Crippen molar-refractivity contribution < 1.29 is 35.6 Å². The second-order valence-corrected chi connectivity index (χ2v) is 10.8. The Morgan fingerprint density at radius 2 is 1.76 bits per heavy atom. The normalized spacial score (nSPS) is 16.4. The summed E-state index contributed by atoms with van der Waals surface area (Å²) >= 11 is 0. The number of hydrogen-bond donors (Lipinski definition) is 2. The minimum Gasteiger partial charge on any atom is -0.353 e. The number of fused-ring (bicyclic) bond motifs is 1. The van der Waals surface area contributed by atoms with Crippen LogP contribution in [0.1, 0.15) is 51.5 Å². The van der Waals surface area contributed by atoms with Crippen molar-refractivity contribution in [1.82, 2.24) is 10.0 Å². The van der Waals surface area contributed by atoms with Gasteiger partial charge in [-0.3, -0.25) is 9.59 Å². The van der Waals surface area contributed by atoms with Crippen LogP contribution in [0.3, 0.4) is 0 Å². The van der Waals surface area contributed by atoms with Gasteiger partial charge in [-0.05, 0) is 72.4 Å². The molecule has 0 radical (unpaired) electrons.